The van der Waals surface area contributed by atoms with Gasteiger partial charge < -0.3 is 15.8 Å². The van der Waals surface area contributed by atoms with Crippen LogP contribution in [-0.4, -0.2) is 32.2 Å². The van der Waals surface area contributed by atoms with Crippen molar-refractivity contribution in [1.82, 2.24) is 5.32 Å². The number of amides is 1. The lowest BCUT2D eigenvalue weighted by molar-refractivity contribution is -0.122. The molecule has 1 atom stereocenters. The minimum absolute atomic E-state index is 0.0181. The first kappa shape index (κ1) is 13.5. The monoisotopic (exact) mass is 228 g/mol. The normalized spacial score (nSPS) is 17.9. The summed E-state index contributed by atoms with van der Waals surface area (Å²) in [5.74, 6) is 0.820. The molecule has 0 aliphatic heterocycles. The summed E-state index contributed by atoms with van der Waals surface area (Å²) in [7, 11) is 1.66. The van der Waals surface area contributed by atoms with Gasteiger partial charge in [0.05, 0.1) is 6.04 Å². The van der Waals surface area contributed by atoms with E-state index in [1.165, 1.54) is 19.3 Å². The molecular formula is C12H24N2O2. The van der Waals surface area contributed by atoms with Gasteiger partial charge in [-0.3, -0.25) is 4.79 Å². The van der Waals surface area contributed by atoms with Crippen molar-refractivity contribution in [1.29, 1.82) is 0 Å². The molecule has 0 heterocycles. The average molecular weight is 228 g/mol. The summed E-state index contributed by atoms with van der Waals surface area (Å²) in [5.41, 5.74) is 5.75. The highest BCUT2D eigenvalue weighted by atomic mass is 16.5. The Morgan fingerprint density at radius 3 is 2.88 bits per heavy atom. The fourth-order valence-electron chi connectivity index (χ4n) is 1.89. The molecule has 0 aromatic rings. The number of hydrogen-bond acceptors (Lipinski definition) is 3. The van der Waals surface area contributed by atoms with E-state index in [1.54, 1.807) is 7.11 Å². The maximum absolute atomic E-state index is 11.5. The van der Waals surface area contributed by atoms with Crippen LogP contribution in [-0.2, 0) is 9.53 Å². The minimum Gasteiger partial charge on any atom is -0.385 e. The van der Waals surface area contributed by atoms with Crippen molar-refractivity contribution in [2.24, 2.45) is 11.7 Å². The van der Waals surface area contributed by atoms with Crippen molar-refractivity contribution in [2.75, 3.05) is 20.3 Å². The average Bonchev–Trinajstić information content (AvgIpc) is 2.21. The topological polar surface area (TPSA) is 64.3 Å². The second-order valence-corrected chi connectivity index (χ2v) is 4.62. The van der Waals surface area contributed by atoms with Crippen LogP contribution in [0, 0.1) is 5.92 Å². The predicted octanol–water partition coefficient (Wildman–Crippen LogP) is 1.05. The lowest BCUT2D eigenvalue weighted by Crippen LogP contribution is -2.41. The molecule has 94 valence electrons. The summed E-state index contributed by atoms with van der Waals surface area (Å²) < 4.78 is 4.92. The molecule has 0 spiro atoms. The van der Waals surface area contributed by atoms with Gasteiger partial charge in [0.1, 0.15) is 0 Å². The fourth-order valence-corrected chi connectivity index (χ4v) is 1.89. The summed E-state index contributed by atoms with van der Waals surface area (Å²) in [6, 6.07) is -0.378. The van der Waals surface area contributed by atoms with E-state index in [2.05, 4.69) is 5.32 Å². The summed E-state index contributed by atoms with van der Waals surface area (Å²) in [5, 5.41) is 2.90. The number of carbonyl (C=O) groups is 1. The van der Waals surface area contributed by atoms with E-state index < -0.39 is 0 Å². The van der Waals surface area contributed by atoms with Crippen molar-refractivity contribution < 1.29 is 9.53 Å². The molecule has 1 saturated carbocycles. The van der Waals surface area contributed by atoms with Crippen LogP contribution >= 0.6 is 0 Å². The highest BCUT2D eigenvalue weighted by molar-refractivity contribution is 5.81. The zero-order chi connectivity index (χ0) is 11.8. The quantitative estimate of drug-likeness (QED) is 0.610. The van der Waals surface area contributed by atoms with Gasteiger partial charge in [0, 0.05) is 20.3 Å². The number of methoxy groups -OCH3 is 1. The third-order valence-corrected chi connectivity index (χ3v) is 3.28. The largest absolute Gasteiger partial charge is 0.385 e. The van der Waals surface area contributed by atoms with Gasteiger partial charge in [-0.25, -0.2) is 0 Å². The molecule has 3 N–H and O–H groups in total. The Balaban J connectivity index is 1.99. The second-order valence-electron chi connectivity index (χ2n) is 4.62. The molecule has 0 aromatic heterocycles. The summed E-state index contributed by atoms with van der Waals surface area (Å²) in [4.78, 5) is 11.5. The van der Waals surface area contributed by atoms with E-state index in [0.717, 1.165) is 25.3 Å². The molecule has 1 rings (SSSR count). The zero-order valence-electron chi connectivity index (χ0n) is 10.2. The molecule has 0 bridgehead atoms. The van der Waals surface area contributed by atoms with E-state index in [9.17, 15) is 4.79 Å². The van der Waals surface area contributed by atoms with Crippen molar-refractivity contribution in [2.45, 2.75) is 44.6 Å². The highest BCUT2D eigenvalue weighted by Gasteiger charge is 2.18. The fraction of sp³-hybridized carbons (Fsp3) is 0.917. The standard InChI is InChI=1S/C12H24N2O2/c1-16-9-3-6-11(13)12(15)14-8-7-10-4-2-5-10/h10-11H,2-9,13H2,1H3,(H,14,15). The SMILES string of the molecule is COCCCC(N)C(=O)NCCC1CCC1. The van der Waals surface area contributed by atoms with Crippen LogP contribution in [0.5, 0.6) is 0 Å². The van der Waals surface area contributed by atoms with E-state index in [-0.39, 0.29) is 11.9 Å². The first-order valence-corrected chi connectivity index (χ1v) is 6.26. The molecule has 1 aliphatic rings. The van der Waals surface area contributed by atoms with Crippen LogP contribution in [0.4, 0.5) is 0 Å². The van der Waals surface area contributed by atoms with Gasteiger partial charge in [-0.15, -0.1) is 0 Å². The van der Waals surface area contributed by atoms with Crippen molar-refractivity contribution in [3.05, 3.63) is 0 Å². The Morgan fingerprint density at radius 2 is 2.31 bits per heavy atom. The predicted molar refractivity (Wildman–Crippen MR) is 64.1 cm³/mol. The number of carbonyl (C=O) groups excluding carboxylic acids is 1. The molecule has 1 fully saturated rings. The Bertz CT molecular complexity index is 205. The van der Waals surface area contributed by atoms with Crippen LogP contribution in [0.1, 0.15) is 38.5 Å². The maximum Gasteiger partial charge on any atom is 0.236 e. The van der Waals surface area contributed by atoms with Gasteiger partial charge in [-0.2, -0.15) is 0 Å². The van der Waals surface area contributed by atoms with Crippen LogP contribution in [0.15, 0.2) is 0 Å². The molecule has 1 unspecified atom stereocenters. The lowest BCUT2D eigenvalue weighted by Gasteiger charge is -2.25. The lowest BCUT2D eigenvalue weighted by atomic mass is 9.83. The first-order valence-electron chi connectivity index (χ1n) is 6.26. The van der Waals surface area contributed by atoms with Crippen LogP contribution < -0.4 is 11.1 Å². The first-order chi connectivity index (χ1) is 7.74. The van der Waals surface area contributed by atoms with Crippen molar-refractivity contribution >= 4 is 5.91 Å². The van der Waals surface area contributed by atoms with Crippen molar-refractivity contribution in [3.63, 3.8) is 0 Å². The van der Waals surface area contributed by atoms with Gasteiger partial charge in [0.15, 0.2) is 0 Å². The molecule has 0 radical (unpaired) electrons. The molecule has 0 saturated heterocycles. The zero-order valence-corrected chi connectivity index (χ0v) is 10.2. The van der Waals surface area contributed by atoms with Gasteiger partial charge in [-0.1, -0.05) is 19.3 Å². The number of nitrogens with two attached hydrogens (primary N) is 1. The smallest absolute Gasteiger partial charge is 0.236 e. The number of rotatable bonds is 8. The molecule has 1 aliphatic carbocycles. The molecule has 16 heavy (non-hydrogen) atoms. The molecule has 1 amide bonds. The van der Waals surface area contributed by atoms with E-state index in [1.807, 2.05) is 0 Å². The van der Waals surface area contributed by atoms with Crippen LogP contribution in [0.3, 0.4) is 0 Å². The van der Waals surface area contributed by atoms with E-state index >= 15 is 0 Å². The number of ether oxygens (including phenoxy) is 1. The molecule has 4 heteroatoms. The minimum atomic E-state index is -0.378. The van der Waals surface area contributed by atoms with E-state index in [0.29, 0.717) is 13.0 Å². The van der Waals surface area contributed by atoms with Crippen LogP contribution in [0.2, 0.25) is 0 Å². The second kappa shape index (κ2) is 7.63. The molecule has 0 aromatic carbocycles. The summed E-state index contributed by atoms with van der Waals surface area (Å²) in [6.45, 7) is 1.45. The summed E-state index contributed by atoms with van der Waals surface area (Å²) >= 11 is 0. The third kappa shape index (κ3) is 4.94. The third-order valence-electron chi connectivity index (χ3n) is 3.28. The van der Waals surface area contributed by atoms with Gasteiger partial charge in [0.25, 0.3) is 0 Å². The molecule has 4 nitrogen and oxygen atoms in total. The van der Waals surface area contributed by atoms with Crippen molar-refractivity contribution in [3.8, 4) is 0 Å². The Morgan fingerprint density at radius 1 is 1.56 bits per heavy atom. The number of hydrogen-bond donors (Lipinski definition) is 2. The Labute approximate surface area is 97.9 Å². The number of nitrogens with one attached hydrogen (secondary N) is 1. The van der Waals surface area contributed by atoms with Gasteiger partial charge >= 0.3 is 0 Å². The van der Waals surface area contributed by atoms with Gasteiger partial charge in [-0.05, 0) is 25.2 Å². The Hall–Kier alpha value is -0.610. The maximum atomic E-state index is 11.5. The molecular weight excluding hydrogens is 204 g/mol. The van der Waals surface area contributed by atoms with E-state index in [4.69, 9.17) is 10.5 Å². The highest BCUT2D eigenvalue weighted by Crippen LogP contribution is 2.28. The summed E-state index contributed by atoms with van der Waals surface area (Å²) in [6.07, 6.45) is 6.66. The van der Waals surface area contributed by atoms with Gasteiger partial charge in [0.2, 0.25) is 5.91 Å². The van der Waals surface area contributed by atoms with Crippen LogP contribution in [0.25, 0.3) is 0 Å². The Kier molecular flexibility index (Phi) is 6.42.